The van der Waals surface area contributed by atoms with Crippen LogP contribution in [-0.4, -0.2) is 11.8 Å². The van der Waals surface area contributed by atoms with Crippen molar-refractivity contribution in [2.24, 2.45) is 11.1 Å². The van der Waals surface area contributed by atoms with Crippen LogP contribution in [0.4, 0.5) is 0 Å². The molecule has 0 heterocycles. The van der Waals surface area contributed by atoms with Crippen LogP contribution in [0.15, 0.2) is 0 Å². The Balaban J connectivity index is 3.87. The van der Waals surface area contributed by atoms with Crippen LogP contribution in [0.5, 0.6) is 0 Å². The predicted octanol–water partition coefficient (Wildman–Crippen LogP) is 2.90. The summed E-state index contributed by atoms with van der Waals surface area (Å²) in [5.41, 5.74) is 5.97. The van der Waals surface area contributed by atoms with Gasteiger partial charge in [0.05, 0.1) is 6.04 Å². The lowest BCUT2D eigenvalue weighted by molar-refractivity contribution is -0.118. The number of unbranched alkanes of at least 4 members (excludes halogenated alkanes) is 2. The predicted molar refractivity (Wildman–Crippen MR) is 61.2 cm³/mol. The molecule has 0 saturated carbocycles. The van der Waals surface area contributed by atoms with Gasteiger partial charge in [-0.05, 0) is 25.2 Å². The van der Waals surface area contributed by atoms with Crippen LogP contribution in [-0.2, 0) is 4.79 Å². The van der Waals surface area contributed by atoms with Crippen molar-refractivity contribution in [3.63, 3.8) is 0 Å². The summed E-state index contributed by atoms with van der Waals surface area (Å²) in [6.45, 7) is 8.18. The minimum atomic E-state index is -0.272. The van der Waals surface area contributed by atoms with Crippen molar-refractivity contribution >= 4 is 5.78 Å². The van der Waals surface area contributed by atoms with Crippen molar-refractivity contribution in [1.29, 1.82) is 0 Å². The largest absolute Gasteiger partial charge is 0.322 e. The van der Waals surface area contributed by atoms with Crippen molar-refractivity contribution in [3.05, 3.63) is 0 Å². The van der Waals surface area contributed by atoms with E-state index in [1.165, 1.54) is 25.7 Å². The average Bonchev–Trinajstić information content (AvgIpc) is 2.03. The fourth-order valence-electron chi connectivity index (χ4n) is 1.69. The third-order valence-corrected chi connectivity index (χ3v) is 2.75. The molecule has 0 aliphatic heterocycles. The summed E-state index contributed by atoms with van der Waals surface area (Å²) in [7, 11) is 0. The fourth-order valence-corrected chi connectivity index (χ4v) is 1.69. The summed E-state index contributed by atoms with van der Waals surface area (Å²) in [4.78, 5) is 11.0. The maximum absolute atomic E-state index is 11.0. The van der Waals surface area contributed by atoms with Crippen molar-refractivity contribution < 1.29 is 4.79 Å². The SMILES string of the molecule is CCCCCC(C)(C)C[C@H](N)C(C)=O. The van der Waals surface area contributed by atoms with E-state index in [4.69, 9.17) is 5.73 Å². The van der Waals surface area contributed by atoms with Crippen LogP contribution in [0.1, 0.15) is 59.8 Å². The van der Waals surface area contributed by atoms with Gasteiger partial charge in [-0.3, -0.25) is 4.79 Å². The number of Topliss-reactive ketones (excluding diaryl/α,β-unsaturated/α-hetero) is 1. The Kier molecular flexibility index (Phi) is 6.01. The first-order chi connectivity index (χ1) is 6.39. The second kappa shape index (κ2) is 6.18. The molecule has 0 aliphatic rings. The van der Waals surface area contributed by atoms with Crippen LogP contribution >= 0.6 is 0 Å². The molecular formula is C12H25NO. The van der Waals surface area contributed by atoms with Gasteiger partial charge < -0.3 is 5.73 Å². The summed E-state index contributed by atoms with van der Waals surface area (Å²) in [5.74, 6) is 0.105. The standard InChI is InChI=1S/C12H25NO/c1-5-6-7-8-12(3,4)9-11(13)10(2)14/h11H,5-9,13H2,1-4H3/t11-/m0/s1. The molecule has 1 atom stereocenters. The molecule has 0 aromatic heterocycles. The highest BCUT2D eigenvalue weighted by atomic mass is 16.1. The molecule has 2 heteroatoms. The summed E-state index contributed by atoms with van der Waals surface area (Å²) in [5, 5.41) is 0. The molecule has 0 rings (SSSR count). The van der Waals surface area contributed by atoms with Crippen molar-refractivity contribution in [3.8, 4) is 0 Å². The zero-order chi connectivity index (χ0) is 11.2. The summed E-state index contributed by atoms with van der Waals surface area (Å²) >= 11 is 0. The summed E-state index contributed by atoms with van der Waals surface area (Å²) < 4.78 is 0. The molecule has 14 heavy (non-hydrogen) atoms. The number of nitrogens with two attached hydrogens (primary N) is 1. The number of carbonyl (C=O) groups excluding carboxylic acids is 1. The highest BCUT2D eigenvalue weighted by molar-refractivity contribution is 5.81. The monoisotopic (exact) mass is 199 g/mol. The van der Waals surface area contributed by atoms with E-state index >= 15 is 0 Å². The average molecular weight is 199 g/mol. The van der Waals surface area contributed by atoms with E-state index in [2.05, 4.69) is 20.8 Å². The maximum Gasteiger partial charge on any atom is 0.146 e. The highest BCUT2D eigenvalue weighted by Crippen LogP contribution is 2.28. The van der Waals surface area contributed by atoms with Crippen molar-refractivity contribution in [2.45, 2.75) is 65.8 Å². The first-order valence-electron chi connectivity index (χ1n) is 5.65. The molecular weight excluding hydrogens is 174 g/mol. The van der Waals surface area contributed by atoms with Gasteiger partial charge in [0.15, 0.2) is 0 Å². The minimum Gasteiger partial charge on any atom is -0.322 e. The lowest BCUT2D eigenvalue weighted by Crippen LogP contribution is -2.33. The molecule has 0 saturated heterocycles. The number of hydrogen-bond acceptors (Lipinski definition) is 2. The second-order valence-corrected chi connectivity index (χ2v) is 5.04. The minimum absolute atomic E-state index is 0.105. The van der Waals surface area contributed by atoms with Crippen LogP contribution in [0, 0.1) is 5.41 Å². The third kappa shape index (κ3) is 6.14. The van der Waals surface area contributed by atoms with Crippen LogP contribution in [0.3, 0.4) is 0 Å². The first kappa shape index (κ1) is 13.6. The van der Waals surface area contributed by atoms with E-state index in [0.717, 1.165) is 6.42 Å². The van der Waals surface area contributed by atoms with Gasteiger partial charge in [0.1, 0.15) is 5.78 Å². The van der Waals surface area contributed by atoms with E-state index in [-0.39, 0.29) is 17.2 Å². The fraction of sp³-hybridized carbons (Fsp3) is 0.917. The second-order valence-electron chi connectivity index (χ2n) is 5.04. The summed E-state index contributed by atoms with van der Waals surface area (Å²) in [6.07, 6.45) is 5.75. The van der Waals surface area contributed by atoms with Gasteiger partial charge in [-0.1, -0.05) is 40.0 Å². The van der Waals surface area contributed by atoms with E-state index in [1.54, 1.807) is 6.92 Å². The van der Waals surface area contributed by atoms with Gasteiger partial charge in [0.25, 0.3) is 0 Å². The Bertz CT molecular complexity index is 175. The Labute approximate surface area is 88.3 Å². The number of rotatable bonds is 7. The Hall–Kier alpha value is -0.370. The Morgan fingerprint density at radius 2 is 1.93 bits per heavy atom. The maximum atomic E-state index is 11.0. The van der Waals surface area contributed by atoms with Gasteiger partial charge in [0, 0.05) is 0 Å². The molecule has 0 aromatic rings. The zero-order valence-electron chi connectivity index (χ0n) is 10.1. The molecule has 2 N–H and O–H groups in total. The lowest BCUT2D eigenvalue weighted by atomic mass is 9.80. The van der Waals surface area contributed by atoms with Gasteiger partial charge in [0.2, 0.25) is 0 Å². The van der Waals surface area contributed by atoms with Gasteiger partial charge >= 0.3 is 0 Å². The normalized spacial score (nSPS) is 14.1. The third-order valence-electron chi connectivity index (χ3n) is 2.75. The number of hydrogen-bond donors (Lipinski definition) is 1. The van der Waals surface area contributed by atoms with Gasteiger partial charge in [-0.2, -0.15) is 0 Å². The molecule has 0 fully saturated rings. The molecule has 0 amide bonds. The smallest absolute Gasteiger partial charge is 0.146 e. The molecule has 2 nitrogen and oxygen atoms in total. The molecule has 84 valence electrons. The molecule has 0 radical (unpaired) electrons. The van der Waals surface area contributed by atoms with Gasteiger partial charge in [-0.25, -0.2) is 0 Å². The Morgan fingerprint density at radius 3 is 2.36 bits per heavy atom. The molecule has 0 spiro atoms. The van der Waals surface area contributed by atoms with E-state index in [9.17, 15) is 4.79 Å². The quantitative estimate of drug-likeness (QED) is 0.641. The van der Waals surface area contributed by atoms with Crippen molar-refractivity contribution in [2.75, 3.05) is 0 Å². The first-order valence-corrected chi connectivity index (χ1v) is 5.65. The topological polar surface area (TPSA) is 43.1 Å². The Morgan fingerprint density at radius 1 is 1.36 bits per heavy atom. The number of ketones is 1. The van der Waals surface area contributed by atoms with Gasteiger partial charge in [-0.15, -0.1) is 0 Å². The number of carbonyl (C=O) groups is 1. The van der Waals surface area contributed by atoms with Crippen LogP contribution in [0.25, 0.3) is 0 Å². The lowest BCUT2D eigenvalue weighted by Gasteiger charge is -2.26. The van der Waals surface area contributed by atoms with E-state index in [1.807, 2.05) is 0 Å². The molecule has 0 aromatic carbocycles. The van der Waals surface area contributed by atoms with Crippen LogP contribution < -0.4 is 5.73 Å². The van der Waals surface area contributed by atoms with Crippen LogP contribution in [0.2, 0.25) is 0 Å². The highest BCUT2D eigenvalue weighted by Gasteiger charge is 2.22. The molecule has 0 aliphatic carbocycles. The molecule has 0 unspecified atom stereocenters. The van der Waals surface area contributed by atoms with E-state index in [0.29, 0.717) is 0 Å². The summed E-state index contributed by atoms with van der Waals surface area (Å²) in [6, 6.07) is -0.272. The molecule has 0 bridgehead atoms. The zero-order valence-corrected chi connectivity index (χ0v) is 10.1. The van der Waals surface area contributed by atoms with Crippen molar-refractivity contribution in [1.82, 2.24) is 0 Å². The van der Waals surface area contributed by atoms with E-state index < -0.39 is 0 Å².